The Kier molecular flexibility index (Phi) is 4.16. The molecule has 2 N–H and O–H groups in total. The second kappa shape index (κ2) is 6.41. The van der Waals surface area contributed by atoms with Gasteiger partial charge in [0.1, 0.15) is 5.69 Å². The zero-order valence-corrected chi connectivity index (χ0v) is 12.3. The molecule has 0 bridgehead atoms. The average molecular weight is 313 g/mol. The van der Waals surface area contributed by atoms with Crippen LogP contribution in [0.3, 0.4) is 0 Å². The number of hydrogen-bond acceptors (Lipinski definition) is 3. The summed E-state index contributed by atoms with van der Waals surface area (Å²) in [4.78, 5) is 16.6. The minimum Gasteiger partial charge on any atom is -0.338 e. The third kappa shape index (κ3) is 3.15. The van der Waals surface area contributed by atoms with Gasteiger partial charge in [-0.05, 0) is 35.9 Å². The number of pyridine rings is 1. The number of halogens is 1. The Morgan fingerprint density at radius 2 is 2.05 bits per heavy atom. The molecule has 110 valence electrons. The maximum absolute atomic E-state index is 12.3. The van der Waals surface area contributed by atoms with Gasteiger partial charge in [0, 0.05) is 17.4 Å². The van der Waals surface area contributed by atoms with E-state index in [2.05, 4.69) is 20.5 Å². The van der Waals surface area contributed by atoms with Crippen LogP contribution in [0.15, 0.2) is 60.9 Å². The predicted molar refractivity (Wildman–Crippen MR) is 83.6 cm³/mol. The van der Waals surface area contributed by atoms with Gasteiger partial charge in [-0.25, -0.2) is 0 Å². The number of aromatic nitrogens is 3. The van der Waals surface area contributed by atoms with Crippen LogP contribution in [0, 0.1) is 0 Å². The minimum atomic E-state index is -0.393. The Bertz CT molecular complexity index is 759. The van der Waals surface area contributed by atoms with Crippen LogP contribution in [0.2, 0.25) is 5.02 Å². The van der Waals surface area contributed by atoms with Crippen molar-refractivity contribution >= 4 is 17.5 Å². The first-order valence-electron chi connectivity index (χ1n) is 6.70. The molecule has 0 aliphatic rings. The molecule has 6 heteroatoms. The number of nitrogens with one attached hydrogen (secondary N) is 2. The van der Waals surface area contributed by atoms with E-state index in [4.69, 9.17) is 11.6 Å². The van der Waals surface area contributed by atoms with Crippen molar-refractivity contribution in [1.82, 2.24) is 20.5 Å². The SMILES string of the molecule is O=C(N[C@H](c1cccc(Cl)c1)c1ccccn1)c1ccn[nH]1. The molecule has 3 rings (SSSR count). The topological polar surface area (TPSA) is 70.7 Å². The summed E-state index contributed by atoms with van der Waals surface area (Å²) >= 11 is 6.06. The number of carbonyl (C=O) groups is 1. The number of hydrogen-bond donors (Lipinski definition) is 2. The van der Waals surface area contributed by atoms with Crippen LogP contribution in [-0.4, -0.2) is 21.1 Å². The summed E-state index contributed by atoms with van der Waals surface area (Å²) < 4.78 is 0. The van der Waals surface area contributed by atoms with Gasteiger partial charge in [-0.1, -0.05) is 29.8 Å². The van der Waals surface area contributed by atoms with E-state index in [9.17, 15) is 4.79 Å². The molecule has 0 spiro atoms. The molecular weight excluding hydrogens is 300 g/mol. The van der Waals surface area contributed by atoms with Gasteiger partial charge in [-0.15, -0.1) is 0 Å². The van der Waals surface area contributed by atoms with Gasteiger partial charge in [0.2, 0.25) is 0 Å². The largest absolute Gasteiger partial charge is 0.338 e. The molecule has 1 aromatic carbocycles. The van der Waals surface area contributed by atoms with Crippen LogP contribution >= 0.6 is 11.6 Å². The average Bonchev–Trinajstić information content (AvgIpc) is 3.08. The minimum absolute atomic E-state index is 0.256. The molecule has 2 heterocycles. The number of aromatic amines is 1. The lowest BCUT2D eigenvalue weighted by molar-refractivity contribution is 0.0937. The van der Waals surface area contributed by atoms with Crippen LogP contribution in [0.25, 0.3) is 0 Å². The summed E-state index contributed by atoms with van der Waals surface area (Å²) in [6.45, 7) is 0. The van der Waals surface area contributed by atoms with Crippen molar-refractivity contribution in [3.63, 3.8) is 0 Å². The highest BCUT2D eigenvalue weighted by Crippen LogP contribution is 2.23. The smallest absolute Gasteiger partial charge is 0.270 e. The molecule has 0 radical (unpaired) electrons. The molecular formula is C16H13ClN4O. The fourth-order valence-corrected chi connectivity index (χ4v) is 2.35. The predicted octanol–water partition coefficient (Wildman–Crippen LogP) is 2.98. The molecule has 3 aromatic rings. The first kappa shape index (κ1) is 14.3. The second-order valence-electron chi connectivity index (χ2n) is 4.69. The van der Waals surface area contributed by atoms with Crippen molar-refractivity contribution in [2.75, 3.05) is 0 Å². The van der Waals surface area contributed by atoms with E-state index < -0.39 is 6.04 Å². The second-order valence-corrected chi connectivity index (χ2v) is 5.12. The van der Waals surface area contributed by atoms with E-state index in [1.807, 2.05) is 36.4 Å². The first-order chi connectivity index (χ1) is 10.7. The maximum Gasteiger partial charge on any atom is 0.270 e. The van der Waals surface area contributed by atoms with Crippen molar-refractivity contribution in [2.45, 2.75) is 6.04 Å². The van der Waals surface area contributed by atoms with E-state index in [1.54, 1.807) is 18.3 Å². The quantitative estimate of drug-likeness (QED) is 0.778. The fourth-order valence-electron chi connectivity index (χ4n) is 2.15. The summed E-state index contributed by atoms with van der Waals surface area (Å²) in [6.07, 6.45) is 3.22. The molecule has 0 saturated carbocycles. The lowest BCUT2D eigenvalue weighted by Gasteiger charge is -2.18. The van der Waals surface area contributed by atoms with Gasteiger partial charge in [-0.3, -0.25) is 14.9 Å². The third-order valence-corrected chi connectivity index (χ3v) is 3.42. The molecule has 0 aliphatic heterocycles. The highest BCUT2D eigenvalue weighted by molar-refractivity contribution is 6.30. The molecule has 0 fully saturated rings. The third-order valence-electron chi connectivity index (χ3n) is 3.19. The summed E-state index contributed by atoms with van der Waals surface area (Å²) in [5.41, 5.74) is 1.99. The van der Waals surface area contributed by atoms with Crippen molar-refractivity contribution in [2.24, 2.45) is 0 Å². The lowest BCUT2D eigenvalue weighted by atomic mass is 10.0. The van der Waals surface area contributed by atoms with E-state index in [0.717, 1.165) is 11.3 Å². The van der Waals surface area contributed by atoms with Crippen LogP contribution in [0.5, 0.6) is 0 Å². The first-order valence-corrected chi connectivity index (χ1v) is 7.08. The number of carbonyl (C=O) groups excluding carboxylic acids is 1. The molecule has 5 nitrogen and oxygen atoms in total. The molecule has 1 atom stereocenters. The van der Waals surface area contributed by atoms with E-state index in [0.29, 0.717) is 10.7 Å². The Balaban J connectivity index is 1.95. The van der Waals surface area contributed by atoms with Crippen molar-refractivity contribution in [1.29, 1.82) is 0 Å². The van der Waals surface area contributed by atoms with Crippen LogP contribution in [-0.2, 0) is 0 Å². The standard InChI is InChI=1S/C16H13ClN4O/c17-12-5-3-4-11(10-12)15(13-6-1-2-8-18-13)20-16(22)14-7-9-19-21-14/h1-10,15H,(H,19,21)(H,20,22)/t15-/m1/s1. The van der Waals surface area contributed by atoms with Crippen LogP contribution in [0.1, 0.15) is 27.8 Å². The molecule has 0 unspecified atom stereocenters. The van der Waals surface area contributed by atoms with Crippen molar-refractivity contribution in [3.8, 4) is 0 Å². The Hall–Kier alpha value is -2.66. The molecule has 0 aliphatic carbocycles. The van der Waals surface area contributed by atoms with Gasteiger partial charge in [0.15, 0.2) is 0 Å². The normalized spacial score (nSPS) is 11.9. The maximum atomic E-state index is 12.3. The van der Waals surface area contributed by atoms with Gasteiger partial charge in [-0.2, -0.15) is 5.10 Å². The fraction of sp³-hybridized carbons (Fsp3) is 0.0625. The number of nitrogens with zero attached hydrogens (tertiary/aromatic N) is 2. The molecule has 0 saturated heterocycles. The van der Waals surface area contributed by atoms with Gasteiger partial charge >= 0.3 is 0 Å². The Morgan fingerprint density at radius 1 is 1.14 bits per heavy atom. The number of rotatable bonds is 4. The Morgan fingerprint density at radius 3 is 2.73 bits per heavy atom. The summed E-state index contributed by atoms with van der Waals surface area (Å²) in [5.74, 6) is -0.256. The van der Waals surface area contributed by atoms with Crippen molar-refractivity contribution < 1.29 is 4.79 Å². The van der Waals surface area contributed by atoms with Gasteiger partial charge < -0.3 is 5.32 Å². The van der Waals surface area contributed by atoms with Gasteiger partial charge in [0.25, 0.3) is 5.91 Å². The zero-order valence-electron chi connectivity index (χ0n) is 11.5. The number of amides is 1. The summed E-state index contributed by atoms with van der Waals surface area (Å²) in [6, 6.07) is 14.1. The van der Waals surface area contributed by atoms with Crippen LogP contribution in [0.4, 0.5) is 0 Å². The van der Waals surface area contributed by atoms with E-state index in [-0.39, 0.29) is 5.91 Å². The molecule has 22 heavy (non-hydrogen) atoms. The highest BCUT2D eigenvalue weighted by Gasteiger charge is 2.19. The summed E-state index contributed by atoms with van der Waals surface area (Å²) in [7, 11) is 0. The zero-order chi connectivity index (χ0) is 15.4. The van der Waals surface area contributed by atoms with E-state index >= 15 is 0 Å². The van der Waals surface area contributed by atoms with Crippen molar-refractivity contribution in [3.05, 3.63) is 82.9 Å². The number of H-pyrrole nitrogens is 1. The van der Waals surface area contributed by atoms with Crippen LogP contribution < -0.4 is 5.32 Å². The highest BCUT2D eigenvalue weighted by atomic mass is 35.5. The molecule has 2 aromatic heterocycles. The number of benzene rings is 1. The molecule has 1 amide bonds. The lowest BCUT2D eigenvalue weighted by Crippen LogP contribution is -2.30. The summed E-state index contributed by atoms with van der Waals surface area (Å²) in [5, 5.41) is 9.99. The monoisotopic (exact) mass is 312 g/mol. The Labute approximate surface area is 132 Å². The van der Waals surface area contributed by atoms with E-state index in [1.165, 1.54) is 6.20 Å². The van der Waals surface area contributed by atoms with Gasteiger partial charge in [0.05, 0.1) is 11.7 Å².